The van der Waals surface area contributed by atoms with Crippen LogP contribution in [0.15, 0.2) is 47.1 Å². The van der Waals surface area contributed by atoms with Crippen molar-refractivity contribution in [3.63, 3.8) is 0 Å². The Morgan fingerprint density at radius 3 is 2.67 bits per heavy atom. The van der Waals surface area contributed by atoms with Crippen LogP contribution in [0.3, 0.4) is 0 Å². The maximum atomic E-state index is 10.7. The average Bonchev–Trinajstić information content (AvgIpc) is 2.38. The predicted octanol–water partition coefficient (Wildman–Crippen LogP) is 3.15. The second-order valence-electron chi connectivity index (χ2n) is 3.68. The number of rotatable bonds is 4. The molecule has 2 rings (SSSR count). The zero-order chi connectivity index (χ0) is 13.0. The summed E-state index contributed by atoms with van der Waals surface area (Å²) in [6, 6.07) is 11.0. The number of carboxylic acid groups (broad SMARTS) is 1. The molecule has 0 radical (unpaired) electrons. The molecule has 2 aromatic rings. The quantitative estimate of drug-likeness (QED) is 0.911. The third-order valence-electron chi connectivity index (χ3n) is 2.41. The van der Waals surface area contributed by atoms with E-state index in [1.54, 1.807) is 12.1 Å². The van der Waals surface area contributed by atoms with Crippen molar-refractivity contribution in [3.8, 4) is 0 Å². The molecule has 0 amide bonds. The Labute approximate surface area is 113 Å². The van der Waals surface area contributed by atoms with Crippen LogP contribution in [0.2, 0.25) is 0 Å². The number of carbonyl (C=O) groups is 1. The predicted molar refractivity (Wildman–Crippen MR) is 72.7 cm³/mol. The first-order chi connectivity index (χ1) is 8.66. The molecule has 1 aromatic heterocycles. The van der Waals surface area contributed by atoms with Crippen LogP contribution in [0.1, 0.15) is 16.1 Å². The molecule has 0 aliphatic heterocycles. The highest BCUT2D eigenvalue weighted by Gasteiger charge is 2.03. The number of pyridine rings is 1. The highest BCUT2D eigenvalue weighted by molar-refractivity contribution is 9.10. The number of nitrogens with one attached hydrogen (secondary N) is 1. The minimum atomic E-state index is -0.965. The molecule has 5 heteroatoms. The molecule has 0 spiro atoms. The number of para-hydroxylation sites is 1. The molecule has 0 fully saturated rings. The molecule has 2 N–H and O–H groups in total. The zero-order valence-electron chi connectivity index (χ0n) is 9.43. The van der Waals surface area contributed by atoms with Gasteiger partial charge < -0.3 is 10.4 Å². The summed E-state index contributed by atoms with van der Waals surface area (Å²) < 4.78 is 0.979. The van der Waals surface area contributed by atoms with Crippen LogP contribution in [0.4, 0.5) is 5.69 Å². The molecule has 0 saturated carbocycles. The lowest BCUT2D eigenvalue weighted by molar-refractivity contribution is 0.0696. The summed E-state index contributed by atoms with van der Waals surface area (Å²) >= 11 is 3.44. The fourth-order valence-electron chi connectivity index (χ4n) is 1.45. The molecule has 0 aliphatic rings. The Bertz CT molecular complexity index is 555. The van der Waals surface area contributed by atoms with Crippen molar-refractivity contribution in [2.24, 2.45) is 0 Å². The number of hydrogen-bond donors (Lipinski definition) is 2. The Kier molecular flexibility index (Phi) is 3.94. The topological polar surface area (TPSA) is 62.2 Å². The van der Waals surface area contributed by atoms with Gasteiger partial charge in [-0.3, -0.25) is 4.98 Å². The summed E-state index contributed by atoms with van der Waals surface area (Å²) in [5, 5.41) is 12.0. The minimum absolute atomic E-state index is 0.194. The van der Waals surface area contributed by atoms with Crippen molar-refractivity contribution in [2.75, 3.05) is 5.32 Å². The highest BCUT2D eigenvalue weighted by atomic mass is 79.9. The molecule has 4 nitrogen and oxygen atoms in total. The lowest BCUT2D eigenvalue weighted by atomic mass is 10.2. The van der Waals surface area contributed by atoms with Crippen LogP contribution >= 0.6 is 15.9 Å². The Morgan fingerprint density at radius 2 is 2.06 bits per heavy atom. The van der Waals surface area contributed by atoms with Gasteiger partial charge in [0.25, 0.3) is 0 Å². The number of anilines is 1. The molecule has 0 atom stereocenters. The van der Waals surface area contributed by atoms with Crippen LogP contribution in [0, 0.1) is 0 Å². The van der Waals surface area contributed by atoms with Crippen LogP contribution in [-0.4, -0.2) is 16.1 Å². The molecular formula is C13H11BrN2O2. The van der Waals surface area contributed by atoms with E-state index in [0.29, 0.717) is 6.54 Å². The second-order valence-corrected chi connectivity index (χ2v) is 4.53. The van der Waals surface area contributed by atoms with Gasteiger partial charge in [0.2, 0.25) is 0 Å². The smallest absolute Gasteiger partial charge is 0.337 e. The summed E-state index contributed by atoms with van der Waals surface area (Å²) in [4.78, 5) is 14.8. The van der Waals surface area contributed by atoms with Gasteiger partial charge in [-0.15, -0.1) is 0 Å². The van der Waals surface area contributed by atoms with Crippen molar-refractivity contribution < 1.29 is 9.90 Å². The molecule has 0 bridgehead atoms. The van der Waals surface area contributed by atoms with E-state index in [9.17, 15) is 4.79 Å². The van der Waals surface area contributed by atoms with Gasteiger partial charge in [0.15, 0.2) is 0 Å². The van der Waals surface area contributed by atoms with E-state index in [1.807, 2.05) is 24.3 Å². The van der Waals surface area contributed by atoms with E-state index in [4.69, 9.17) is 5.11 Å². The summed E-state index contributed by atoms with van der Waals surface area (Å²) in [6.45, 7) is 0.544. The average molecular weight is 307 g/mol. The molecule has 0 unspecified atom stereocenters. The largest absolute Gasteiger partial charge is 0.478 e. The monoisotopic (exact) mass is 306 g/mol. The van der Waals surface area contributed by atoms with Crippen LogP contribution in [0.5, 0.6) is 0 Å². The summed E-state index contributed by atoms with van der Waals surface area (Å²) in [5.74, 6) is -0.965. The van der Waals surface area contributed by atoms with Gasteiger partial charge in [0.1, 0.15) is 0 Å². The number of hydrogen-bond acceptors (Lipinski definition) is 3. The normalized spacial score (nSPS) is 10.1. The van der Waals surface area contributed by atoms with Gasteiger partial charge in [-0.25, -0.2) is 4.79 Å². The van der Waals surface area contributed by atoms with E-state index in [2.05, 4.69) is 26.2 Å². The van der Waals surface area contributed by atoms with E-state index in [-0.39, 0.29) is 5.56 Å². The summed E-state index contributed by atoms with van der Waals surface area (Å²) in [5.41, 5.74) is 1.96. The van der Waals surface area contributed by atoms with Gasteiger partial charge in [-0.05, 0) is 40.2 Å². The maximum absolute atomic E-state index is 10.7. The Hall–Kier alpha value is -1.88. The first kappa shape index (κ1) is 12.6. The maximum Gasteiger partial charge on any atom is 0.337 e. The van der Waals surface area contributed by atoms with E-state index in [1.165, 1.54) is 6.20 Å². The number of aromatic carboxylic acids is 1. The van der Waals surface area contributed by atoms with Crippen LogP contribution in [0.25, 0.3) is 0 Å². The Morgan fingerprint density at radius 1 is 1.28 bits per heavy atom. The van der Waals surface area contributed by atoms with Gasteiger partial charge in [0, 0.05) is 16.4 Å². The minimum Gasteiger partial charge on any atom is -0.478 e. The van der Waals surface area contributed by atoms with E-state index in [0.717, 1.165) is 15.9 Å². The zero-order valence-corrected chi connectivity index (χ0v) is 11.0. The van der Waals surface area contributed by atoms with Crippen molar-refractivity contribution in [2.45, 2.75) is 6.54 Å². The standard InChI is InChI=1S/C13H11BrN2O2/c14-11-3-1-2-4-12(11)16-8-10-6-5-9(7-15-10)13(17)18/h1-7,16H,8H2,(H,17,18). The number of aromatic nitrogens is 1. The SMILES string of the molecule is O=C(O)c1ccc(CNc2ccccc2Br)nc1. The number of halogens is 1. The molecule has 0 saturated heterocycles. The Balaban J connectivity index is 2.02. The fraction of sp³-hybridized carbons (Fsp3) is 0.0769. The molecule has 92 valence electrons. The first-order valence-electron chi connectivity index (χ1n) is 5.33. The highest BCUT2D eigenvalue weighted by Crippen LogP contribution is 2.21. The second kappa shape index (κ2) is 5.64. The number of benzene rings is 1. The van der Waals surface area contributed by atoms with Gasteiger partial charge in [0.05, 0.1) is 17.8 Å². The molecule has 18 heavy (non-hydrogen) atoms. The van der Waals surface area contributed by atoms with Crippen molar-refractivity contribution in [3.05, 3.63) is 58.3 Å². The third kappa shape index (κ3) is 3.07. The number of carboxylic acids is 1. The van der Waals surface area contributed by atoms with Crippen molar-refractivity contribution in [1.29, 1.82) is 0 Å². The fourth-order valence-corrected chi connectivity index (χ4v) is 1.87. The van der Waals surface area contributed by atoms with E-state index < -0.39 is 5.97 Å². The molecule has 1 aromatic carbocycles. The lowest BCUT2D eigenvalue weighted by Gasteiger charge is -2.07. The van der Waals surface area contributed by atoms with Gasteiger partial charge in [-0.2, -0.15) is 0 Å². The third-order valence-corrected chi connectivity index (χ3v) is 3.10. The number of nitrogens with zero attached hydrogens (tertiary/aromatic N) is 1. The van der Waals surface area contributed by atoms with Crippen molar-refractivity contribution in [1.82, 2.24) is 4.98 Å². The lowest BCUT2D eigenvalue weighted by Crippen LogP contribution is -2.04. The first-order valence-corrected chi connectivity index (χ1v) is 6.13. The van der Waals surface area contributed by atoms with E-state index >= 15 is 0 Å². The molecule has 0 aliphatic carbocycles. The van der Waals surface area contributed by atoms with Gasteiger partial charge >= 0.3 is 5.97 Å². The molecule has 1 heterocycles. The van der Waals surface area contributed by atoms with Gasteiger partial charge in [-0.1, -0.05) is 12.1 Å². The van der Waals surface area contributed by atoms with Crippen LogP contribution in [-0.2, 0) is 6.54 Å². The molecular weight excluding hydrogens is 296 g/mol. The summed E-state index contributed by atoms with van der Waals surface area (Å²) in [7, 11) is 0. The van der Waals surface area contributed by atoms with Crippen molar-refractivity contribution >= 4 is 27.6 Å². The van der Waals surface area contributed by atoms with Crippen LogP contribution < -0.4 is 5.32 Å². The summed E-state index contributed by atoms with van der Waals surface area (Å²) in [6.07, 6.45) is 1.36.